The molecule has 0 aliphatic carbocycles. The van der Waals surface area contributed by atoms with Crippen molar-refractivity contribution in [3.8, 4) is 5.75 Å². The molecule has 1 heterocycles. The van der Waals surface area contributed by atoms with E-state index in [1.54, 1.807) is 0 Å². The van der Waals surface area contributed by atoms with Crippen molar-refractivity contribution in [3.05, 3.63) is 66.1 Å². The fraction of sp³-hybridized carbons (Fsp3) is 0.227. The third kappa shape index (κ3) is 8.01. The minimum Gasteiger partial charge on any atom is -0.479 e. The first kappa shape index (κ1) is 27.6. The summed E-state index contributed by atoms with van der Waals surface area (Å²) in [5.74, 6) is -2.17. The lowest BCUT2D eigenvalue weighted by atomic mass is 10.3. The van der Waals surface area contributed by atoms with Crippen LogP contribution in [0, 0.1) is 5.82 Å². The summed E-state index contributed by atoms with van der Waals surface area (Å²) in [5, 5.41) is 14.0. The number of aromatic nitrogens is 2. The predicted octanol–water partition coefficient (Wildman–Crippen LogP) is 3.62. The van der Waals surface area contributed by atoms with Crippen LogP contribution < -0.4 is 20.1 Å². The molecule has 0 saturated heterocycles. The molecule has 0 aliphatic heterocycles. The number of carboxylic acid groups (broad SMARTS) is 1. The van der Waals surface area contributed by atoms with Gasteiger partial charge in [0.1, 0.15) is 17.4 Å². The van der Waals surface area contributed by atoms with Gasteiger partial charge in [-0.3, -0.25) is 0 Å². The molecule has 0 radical (unpaired) electrons. The van der Waals surface area contributed by atoms with E-state index in [4.69, 9.17) is 9.84 Å². The second-order valence-electron chi connectivity index (χ2n) is 7.49. The summed E-state index contributed by atoms with van der Waals surface area (Å²) < 4.78 is 85.3. The number of alkyl halides is 3. The van der Waals surface area contributed by atoms with E-state index in [2.05, 4.69) is 25.3 Å². The highest BCUT2D eigenvalue weighted by Gasteiger charge is 2.33. The Balaban J connectivity index is 1.63. The maximum absolute atomic E-state index is 13.3. The summed E-state index contributed by atoms with van der Waals surface area (Å²) in [6.07, 6.45) is -5.91. The summed E-state index contributed by atoms with van der Waals surface area (Å²) in [6.45, 7) is 0.933. The van der Waals surface area contributed by atoms with Gasteiger partial charge in [0.15, 0.2) is 11.8 Å². The van der Waals surface area contributed by atoms with E-state index in [0.717, 1.165) is 12.1 Å². The molecule has 3 aromatic rings. The van der Waals surface area contributed by atoms with E-state index < -0.39 is 45.7 Å². The molecule has 0 unspecified atom stereocenters. The van der Waals surface area contributed by atoms with Gasteiger partial charge >= 0.3 is 12.1 Å². The number of carboxylic acids is 1. The maximum Gasteiger partial charge on any atom is 0.433 e. The van der Waals surface area contributed by atoms with Gasteiger partial charge in [-0.25, -0.2) is 27.3 Å². The van der Waals surface area contributed by atoms with E-state index in [1.165, 1.54) is 43.3 Å². The second kappa shape index (κ2) is 11.4. The van der Waals surface area contributed by atoms with E-state index in [-0.39, 0.29) is 29.6 Å². The lowest BCUT2D eigenvalue weighted by Crippen LogP contribution is -2.29. The summed E-state index contributed by atoms with van der Waals surface area (Å²) in [7, 11) is -3.99. The van der Waals surface area contributed by atoms with Gasteiger partial charge in [0.2, 0.25) is 16.0 Å². The molecule has 37 heavy (non-hydrogen) atoms. The second-order valence-corrected chi connectivity index (χ2v) is 9.25. The molecule has 4 N–H and O–H groups in total. The highest BCUT2D eigenvalue weighted by molar-refractivity contribution is 7.89. The molecule has 10 nitrogen and oxygen atoms in total. The van der Waals surface area contributed by atoms with Gasteiger partial charge in [0.05, 0.1) is 4.90 Å². The number of sulfonamides is 1. The van der Waals surface area contributed by atoms with Crippen LogP contribution >= 0.6 is 0 Å². The van der Waals surface area contributed by atoms with Crippen molar-refractivity contribution in [2.45, 2.75) is 24.1 Å². The summed E-state index contributed by atoms with van der Waals surface area (Å²) in [4.78, 5) is 18.1. The minimum atomic E-state index is -4.78. The molecule has 0 aliphatic rings. The molecule has 0 amide bonds. The topological polar surface area (TPSA) is 143 Å². The van der Waals surface area contributed by atoms with Gasteiger partial charge < -0.3 is 20.5 Å². The van der Waals surface area contributed by atoms with Gasteiger partial charge in [-0.05, 0) is 55.5 Å². The van der Waals surface area contributed by atoms with Gasteiger partial charge in [0.25, 0.3) is 0 Å². The molecule has 198 valence electrons. The first-order valence-corrected chi connectivity index (χ1v) is 12.0. The van der Waals surface area contributed by atoms with Crippen molar-refractivity contribution in [3.63, 3.8) is 0 Å². The highest BCUT2D eigenvalue weighted by atomic mass is 32.2. The van der Waals surface area contributed by atoms with E-state index in [1.807, 2.05) is 0 Å². The Morgan fingerprint density at radius 1 is 1.05 bits per heavy atom. The predicted molar refractivity (Wildman–Crippen MR) is 125 cm³/mol. The molecule has 1 aromatic heterocycles. The first-order valence-electron chi connectivity index (χ1n) is 10.6. The fourth-order valence-electron chi connectivity index (χ4n) is 2.81. The average molecular weight is 543 g/mol. The molecule has 15 heteroatoms. The Kier molecular flexibility index (Phi) is 8.49. The number of aliphatic carboxylic acids is 1. The van der Waals surface area contributed by atoms with E-state index in [0.29, 0.717) is 11.8 Å². The summed E-state index contributed by atoms with van der Waals surface area (Å²) >= 11 is 0. The fourth-order valence-corrected chi connectivity index (χ4v) is 3.84. The van der Waals surface area contributed by atoms with Gasteiger partial charge in [-0.2, -0.15) is 18.2 Å². The maximum atomic E-state index is 13.3. The van der Waals surface area contributed by atoms with E-state index in [9.17, 15) is 30.8 Å². The SMILES string of the molecule is C[C@H](Oc1ccc(S(=O)(=O)NCCNc2nc(Nc3ccc(F)cc3)cc(C(F)(F)F)n2)cc1)C(=O)O. The standard InChI is InChI=1S/C22H21F4N5O5S/c1-13(20(32)33)36-16-6-8-17(9-7-16)37(34,35)28-11-10-27-21-30-18(22(24,25)26)12-19(31-21)29-15-4-2-14(23)3-5-15/h2-9,12-13,28H,10-11H2,1H3,(H,32,33)(H2,27,29,30,31)/t13-/m0/s1. The van der Waals surface area contributed by atoms with Crippen LogP contribution in [0.25, 0.3) is 0 Å². The number of ether oxygens (including phenoxy) is 1. The Hall–Kier alpha value is -3.98. The van der Waals surface area contributed by atoms with Crippen LogP contribution in [0.3, 0.4) is 0 Å². The lowest BCUT2D eigenvalue weighted by Gasteiger charge is -2.13. The van der Waals surface area contributed by atoms with Crippen LogP contribution in [-0.2, 0) is 21.0 Å². The molecule has 3 rings (SSSR count). The van der Waals surface area contributed by atoms with Crippen LogP contribution in [0.1, 0.15) is 12.6 Å². The van der Waals surface area contributed by atoms with Crippen LogP contribution in [0.4, 0.5) is 35.0 Å². The van der Waals surface area contributed by atoms with Gasteiger partial charge in [-0.15, -0.1) is 0 Å². The number of nitrogens with one attached hydrogen (secondary N) is 3. The number of rotatable bonds is 11. The smallest absolute Gasteiger partial charge is 0.433 e. The molecular weight excluding hydrogens is 522 g/mol. The van der Waals surface area contributed by atoms with E-state index >= 15 is 0 Å². The monoisotopic (exact) mass is 543 g/mol. The number of benzene rings is 2. The largest absolute Gasteiger partial charge is 0.479 e. The first-order chi connectivity index (χ1) is 17.3. The number of anilines is 3. The quantitative estimate of drug-likeness (QED) is 0.211. The zero-order valence-electron chi connectivity index (χ0n) is 19.1. The Bertz CT molecular complexity index is 1340. The normalized spacial score (nSPS) is 12.6. The third-order valence-electron chi connectivity index (χ3n) is 4.63. The molecule has 1 atom stereocenters. The van der Waals surface area contributed by atoms with Crippen LogP contribution in [0.15, 0.2) is 59.5 Å². The molecule has 0 fully saturated rings. The number of halogens is 4. The zero-order chi connectivity index (χ0) is 27.2. The van der Waals surface area contributed by atoms with Gasteiger partial charge in [0, 0.05) is 24.8 Å². The Morgan fingerprint density at radius 2 is 1.70 bits per heavy atom. The van der Waals surface area contributed by atoms with Crippen molar-refractivity contribution < 1.29 is 40.6 Å². The summed E-state index contributed by atoms with van der Waals surface area (Å²) in [5.41, 5.74) is -0.949. The van der Waals surface area contributed by atoms with Crippen molar-refractivity contribution in [2.24, 2.45) is 0 Å². The molecular formula is C22H21F4N5O5S. The minimum absolute atomic E-state index is 0.135. The average Bonchev–Trinajstić information content (AvgIpc) is 2.83. The molecule has 0 saturated carbocycles. The number of nitrogens with zero attached hydrogens (tertiary/aromatic N) is 2. The molecule has 2 aromatic carbocycles. The summed E-state index contributed by atoms with van der Waals surface area (Å²) in [6, 6.07) is 10.6. The van der Waals surface area contributed by atoms with Crippen molar-refractivity contribution in [1.82, 2.24) is 14.7 Å². The number of carbonyl (C=O) groups is 1. The Labute approximate surface area is 208 Å². The van der Waals surface area contributed by atoms with Crippen molar-refractivity contribution in [1.29, 1.82) is 0 Å². The van der Waals surface area contributed by atoms with Crippen LogP contribution in [0.5, 0.6) is 5.75 Å². The highest BCUT2D eigenvalue weighted by Crippen LogP contribution is 2.30. The molecule has 0 bridgehead atoms. The van der Waals surface area contributed by atoms with Crippen molar-refractivity contribution in [2.75, 3.05) is 23.7 Å². The van der Waals surface area contributed by atoms with Gasteiger partial charge in [-0.1, -0.05) is 0 Å². The third-order valence-corrected chi connectivity index (χ3v) is 6.10. The van der Waals surface area contributed by atoms with Crippen molar-refractivity contribution >= 4 is 33.4 Å². The zero-order valence-corrected chi connectivity index (χ0v) is 19.9. The number of hydrogen-bond donors (Lipinski definition) is 4. The van der Waals surface area contributed by atoms with Crippen LogP contribution in [-0.4, -0.2) is 48.7 Å². The molecule has 0 spiro atoms. The Morgan fingerprint density at radius 3 is 2.30 bits per heavy atom. The number of hydrogen-bond acceptors (Lipinski definition) is 8. The lowest BCUT2D eigenvalue weighted by molar-refractivity contribution is -0.144. The van der Waals surface area contributed by atoms with Crippen LogP contribution in [0.2, 0.25) is 0 Å².